The van der Waals surface area contributed by atoms with Crippen molar-refractivity contribution in [3.05, 3.63) is 29.1 Å². The first-order chi connectivity index (χ1) is 10.3. The number of hydrogen-bond acceptors (Lipinski definition) is 4. The predicted octanol–water partition coefficient (Wildman–Crippen LogP) is 3.80. The Morgan fingerprint density at radius 3 is 2.55 bits per heavy atom. The Kier molecular flexibility index (Phi) is 3.58. The molecule has 22 heavy (non-hydrogen) atoms. The van der Waals surface area contributed by atoms with Crippen LogP contribution in [-0.2, 0) is 6.18 Å². The molecule has 1 saturated carbocycles. The molecule has 1 N–H and O–H groups in total. The summed E-state index contributed by atoms with van der Waals surface area (Å²) in [6.07, 6.45) is -2.51. The molecule has 0 amide bonds. The number of halogens is 3. The largest absolute Gasteiger partial charge is 0.453 e. The summed E-state index contributed by atoms with van der Waals surface area (Å²) in [6, 6.07) is 3.73. The van der Waals surface area contributed by atoms with Gasteiger partial charge in [0.25, 0.3) is 5.82 Å². The first kappa shape index (κ1) is 15.2. The highest BCUT2D eigenvalue weighted by molar-refractivity contribution is 7.80. The van der Waals surface area contributed by atoms with Crippen LogP contribution in [-0.4, -0.2) is 21.8 Å². The summed E-state index contributed by atoms with van der Waals surface area (Å²) in [5.41, 5.74) is 2.59. The summed E-state index contributed by atoms with van der Waals surface area (Å²) in [6.45, 7) is 1.93. The van der Waals surface area contributed by atoms with Crippen molar-refractivity contribution in [2.75, 3.05) is 12.4 Å². The van der Waals surface area contributed by atoms with Crippen LogP contribution in [0.1, 0.15) is 35.7 Å². The van der Waals surface area contributed by atoms with Crippen LogP contribution in [0.25, 0.3) is 5.69 Å². The van der Waals surface area contributed by atoms with E-state index in [-0.39, 0.29) is 5.95 Å². The van der Waals surface area contributed by atoms with E-state index in [0.717, 1.165) is 24.0 Å². The number of rotatable bonds is 3. The lowest BCUT2D eigenvalue weighted by Gasteiger charge is -2.13. The molecular weight excluding hydrogens is 313 g/mol. The molecule has 1 aliphatic carbocycles. The Labute approximate surface area is 131 Å². The highest BCUT2D eigenvalue weighted by atomic mass is 32.1. The first-order valence-electron chi connectivity index (χ1n) is 6.87. The zero-order chi connectivity index (χ0) is 16.1. The summed E-state index contributed by atoms with van der Waals surface area (Å²) in [4.78, 5) is 4.25. The molecule has 1 heterocycles. The molecule has 1 aliphatic rings. The molecule has 0 aliphatic heterocycles. The van der Waals surface area contributed by atoms with Crippen LogP contribution in [0.4, 0.5) is 19.1 Å². The van der Waals surface area contributed by atoms with Gasteiger partial charge in [0.2, 0.25) is 5.95 Å². The Morgan fingerprint density at radius 2 is 2.00 bits per heavy atom. The van der Waals surface area contributed by atoms with Crippen molar-refractivity contribution in [1.82, 2.24) is 14.8 Å². The Morgan fingerprint density at radius 1 is 1.32 bits per heavy atom. The molecule has 1 aromatic heterocycles. The Balaban J connectivity index is 2.18. The number of aromatic nitrogens is 3. The van der Waals surface area contributed by atoms with E-state index in [1.807, 2.05) is 13.0 Å². The van der Waals surface area contributed by atoms with Gasteiger partial charge in [-0.25, -0.2) is 0 Å². The van der Waals surface area contributed by atoms with Crippen molar-refractivity contribution < 1.29 is 13.2 Å². The van der Waals surface area contributed by atoms with Crippen LogP contribution in [0.15, 0.2) is 17.0 Å². The van der Waals surface area contributed by atoms with Gasteiger partial charge in [0.05, 0.1) is 5.69 Å². The molecule has 0 unspecified atom stereocenters. The number of benzene rings is 1. The highest BCUT2D eigenvalue weighted by Gasteiger charge is 2.38. The quantitative estimate of drug-likeness (QED) is 0.842. The molecule has 3 rings (SSSR count). The smallest absolute Gasteiger partial charge is 0.357 e. The topological polar surface area (TPSA) is 42.7 Å². The average Bonchev–Trinajstić information content (AvgIpc) is 3.18. The second kappa shape index (κ2) is 5.19. The molecule has 118 valence electrons. The predicted molar refractivity (Wildman–Crippen MR) is 79.9 cm³/mol. The van der Waals surface area contributed by atoms with Crippen LogP contribution in [0.2, 0.25) is 0 Å². The molecule has 0 spiro atoms. The van der Waals surface area contributed by atoms with Gasteiger partial charge in [-0.2, -0.15) is 22.8 Å². The monoisotopic (exact) mass is 328 g/mol. The average molecular weight is 328 g/mol. The van der Waals surface area contributed by atoms with E-state index in [1.54, 1.807) is 6.07 Å². The van der Waals surface area contributed by atoms with E-state index in [2.05, 4.69) is 28.0 Å². The molecule has 0 saturated heterocycles. The lowest BCUT2D eigenvalue weighted by Crippen LogP contribution is -2.09. The highest BCUT2D eigenvalue weighted by Crippen LogP contribution is 2.44. The summed E-state index contributed by atoms with van der Waals surface area (Å²) in [7, 11) is 1.52. The molecule has 1 aromatic carbocycles. The van der Waals surface area contributed by atoms with Gasteiger partial charge >= 0.3 is 6.18 Å². The van der Waals surface area contributed by atoms with Crippen LogP contribution in [0, 0.1) is 6.92 Å². The maximum absolute atomic E-state index is 12.9. The van der Waals surface area contributed by atoms with E-state index in [0.29, 0.717) is 16.5 Å². The summed E-state index contributed by atoms with van der Waals surface area (Å²) in [5.74, 6) is -0.725. The summed E-state index contributed by atoms with van der Waals surface area (Å²) < 4.78 is 39.8. The third-order valence-electron chi connectivity index (χ3n) is 3.67. The maximum atomic E-state index is 12.9. The van der Waals surface area contributed by atoms with Crippen molar-refractivity contribution in [2.24, 2.45) is 0 Å². The fraction of sp³-hybridized carbons (Fsp3) is 0.429. The normalized spacial score (nSPS) is 15.2. The Hall–Kier alpha value is -1.70. The number of alkyl halides is 3. The molecule has 8 heteroatoms. The minimum atomic E-state index is -4.58. The molecular formula is C14H15F3N4S. The van der Waals surface area contributed by atoms with Crippen LogP contribution < -0.4 is 5.32 Å². The van der Waals surface area contributed by atoms with Gasteiger partial charge in [0.1, 0.15) is 0 Å². The molecule has 1 fully saturated rings. The van der Waals surface area contributed by atoms with Gasteiger partial charge < -0.3 is 5.32 Å². The van der Waals surface area contributed by atoms with Crippen molar-refractivity contribution in [3.63, 3.8) is 0 Å². The second-order valence-corrected chi connectivity index (χ2v) is 5.87. The Bertz CT molecular complexity index is 720. The fourth-order valence-corrected chi connectivity index (χ4v) is 2.56. The summed E-state index contributed by atoms with van der Waals surface area (Å²) in [5, 5.41) is 6.32. The van der Waals surface area contributed by atoms with Crippen molar-refractivity contribution in [2.45, 2.75) is 36.8 Å². The standard InChI is InChI=1S/C14H15F3N4S/c1-7-5-9(8-3-4-8)10(6-11(7)22)21-13(18-2)19-12(20-21)14(15,16)17/h5-6,8,22H,3-4H2,1-2H3,(H,18,19,20). The number of nitrogens with one attached hydrogen (secondary N) is 1. The van der Waals surface area contributed by atoms with Crippen LogP contribution in [0.5, 0.6) is 0 Å². The zero-order valence-electron chi connectivity index (χ0n) is 12.1. The number of hydrogen-bond donors (Lipinski definition) is 2. The zero-order valence-corrected chi connectivity index (χ0v) is 13.0. The first-order valence-corrected chi connectivity index (χ1v) is 7.32. The number of aryl methyl sites for hydroxylation is 1. The molecule has 0 radical (unpaired) electrons. The van der Waals surface area contributed by atoms with Gasteiger partial charge in [0.15, 0.2) is 0 Å². The lowest BCUT2D eigenvalue weighted by atomic mass is 10.1. The third kappa shape index (κ3) is 2.67. The number of anilines is 1. The molecule has 0 bridgehead atoms. The minimum Gasteiger partial charge on any atom is -0.357 e. The summed E-state index contributed by atoms with van der Waals surface area (Å²) >= 11 is 4.38. The van der Waals surface area contributed by atoms with Crippen LogP contribution in [0.3, 0.4) is 0 Å². The van der Waals surface area contributed by atoms with Crippen molar-refractivity contribution in [1.29, 1.82) is 0 Å². The van der Waals surface area contributed by atoms with E-state index < -0.39 is 12.0 Å². The number of nitrogens with zero attached hydrogens (tertiary/aromatic N) is 3. The van der Waals surface area contributed by atoms with Crippen LogP contribution >= 0.6 is 12.6 Å². The van der Waals surface area contributed by atoms with Crippen molar-refractivity contribution in [3.8, 4) is 5.69 Å². The van der Waals surface area contributed by atoms with Gasteiger partial charge in [-0.3, -0.25) is 0 Å². The van der Waals surface area contributed by atoms with E-state index in [1.165, 1.54) is 11.7 Å². The minimum absolute atomic E-state index is 0.0609. The van der Waals surface area contributed by atoms with Gasteiger partial charge in [-0.1, -0.05) is 6.07 Å². The fourth-order valence-electron chi connectivity index (χ4n) is 2.37. The van der Waals surface area contributed by atoms with E-state index in [4.69, 9.17) is 0 Å². The number of thiol groups is 1. The van der Waals surface area contributed by atoms with E-state index in [9.17, 15) is 13.2 Å². The third-order valence-corrected chi connectivity index (χ3v) is 4.16. The van der Waals surface area contributed by atoms with Crippen molar-refractivity contribution >= 4 is 18.6 Å². The second-order valence-electron chi connectivity index (χ2n) is 5.39. The molecule has 0 atom stereocenters. The SMILES string of the molecule is CNc1nc(C(F)(F)F)nn1-c1cc(S)c(C)cc1C1CC1. The molecule has 2 aromatic rings. The van der Waals surface area contributed by atoms with Gasteiger partial charge in [-0.05, 0) is 42.9 Å². The van der Waals surface area contributed by atoms with Gasteiger partial charge in [-0.15, -0.1) is 17.7 Å². The van der Waals surface area contributed by atoms with Gasteiger partial charge in [0, 0.05) is 11.9 Å². The maximum Gasteiger partial charge on any atom is 0.453 e. The lowest BCUT2D eigenvalue weighted by molar-refractivity contribution is -0.144. The molecule has 4 nitrogen and oxygen atoms in total. The van der Waals surface area contributed by atoms with E-state index >= 15 is 0 Å².